The van der Waals surface area contributed by atoms with E-state index >= 15 is 0 Å². The Bertz CT molecular complexity index is 659. The topological polar surface area (TPSA) is 66.8 Å². The summed E-state index contributed by atoms with van der Waals surface area (Å²) in [4.78, 5) is 25.8. The average Bonchev–Trinajstić information content (AvgIpc) is 3.20. The first-order valence-electron chi connectivity index (χ1n) is 9.05. The normalized spacial score (nSPS) is 27.3. The van der Waals surface area contributed by atoms with Gasteiger partial charge in [-0.1, -0.05) is 18.6 Å². The smallest absolute Gasteiger partial charge is 0.305 e. The molecule has 1 amide bonds. The number of aliphatic carboxylic acids is 1. The summed E-state index contributed by atoms with van der Waals surface area (Å²) in [6.45, 7) is 0.269. The number of methoxy groups -OCH3 is 1. The van der Waals surface area contributed by atoms with Gasteiger partial charge < -0.3 is 14.7 Å². The minimum absolute atomic E-state index is 0.00836. The molecular weight excluding hydrogens is 318 g/mol. The minimum atomic E-state index is -0.866. The van der Waals surface area contributed by atoms with Crippen LogP contribution in [0.5, 0.6) is 5.75 Å². The Morgan fingerprint density at radius 3 is 2.76 bits per heavy atom. The van der Waals surface area contributed by atoms with Gasteiger partial charge in [0, 0.05) is 13.6 Å². The molecule has 2 saturated carbocycles. The van der Waals surface area contributed by atoms with Crippen LogP contribution in [0.4, 0.5) is 0 Å². The van der Waals surface area contributed by atoms with E-state index < -0.39 is 5.97 Å². The molecule has 0 aliphatic heterocycles. The first-order valence-corrected chi connectivity index (χ1v) is 9.05. The van der Waals surface area contributed by atoms with Crippen LogP contribution in [0.1, 0.15) is 37.7 Å². The molecule has 0 saturated heterocycles. The second-order valence-corrected chi connectivity index (χ2v) is 7.64. The molecule has 25 heavy (non-hydrogen) atoms. The van der Waals surface area contributed by atoms with Crippen LogP contribution in [0.2, 0.25) is 0 Å². The molecule has 1 N–H and O–H groups in total. The van der Waals surface area contributed by atoms with Gasteiger partial charge in [0.05, 0.1) is 18.9 Å². The lowest BCUT2D eigenvalue weighted by Crippen LogP contribution is -2.47. The zero-order valence-corrected chi connectivity index (χ0v) is 15.0. The van der Waals surface area contributed by atoms with Gasteiger partial charge in [0.15, 0.2) is 0 Å². The summed E-state index contributed by atoms with van der Waals surface area (Å²) in [5, 5.41) is 8.92. The minimum Gasteiger partial charge on any atom is -0.497 e. The molecule has 3 unspecified atom stereocenters. The van der Waals surface area contributed by atoms with Crippen molar-refractivity contribution in [1.29, 1.82) is 0 Å². The number of ether oxygens (including phenoxy) is 1. The SMILES string of the molecule is COc1cccc(CC2(C(=O)N(C)CCC(=O)O)CC3CCC2C3)c1. The van der Waals surface area contributed by atoms with E-state index in [1.54, 1.807) is 19.1 Å². The Morgan fingerprint density at radius 1 is 1.36 bits per heavy atom. The van der Waals surface area contributed by atoms with Crippen molar-refractivity contribution < 1.29 is 19.4 Å². The molecule has 2 bridgehead atoms. The van der Waals surface area contributed by atoms with Crippen LogP contribution in [0.3, 0.4) is 0 Å². The molecule has 0 heterocycles. The lowest BCUT2D eigenvalue weighted by molar-refractivity contribution is -0.145. The Balaban J connectivity index is 1.84. The largest absolute Gasteiger partial charge is 0.497 e. The summed E-state index contributed by atoms with van der Waals surface area (Å²) in [6.07, 6.45) is 5.07. The van der Waals surface area contributed by atoms with Crippen LogP contribution in [0, 0.1) is 17.3 Å². The van der Waals surface area contributed by atoms with Gasteiger partial charge in [-0.3, -0.25) is 9.59 Å². The van der Waals surface area contributed by atoms with Gasteiger partial charge in [-0.2, -0.15) is 0 Å². The molecule has 2 fully saturated rings. The third kappa shape index (κ3) is 3.51. The maximum atomic E-state index is 13.3. The van der Waals surface area contributed by atoms with Gasteiger partial charge in [0.2, 0.25) is 5.91 Å². The van der Waals surface area contributed by atoms with E-state index in [9.17, 15) is 9.59 Å². The zero-order chi connectivity index (χ0) is 18.0. The highest BCUT2D eigenvalue weighted by Crippen LogP contribution is 2.58. The number of amides is 1. The van der Waals surface area contributed by atoms with Crippen molar-refractivity contribution in [3.8, 4) is 5.75 Å². The van der Waals surface area contributed by atoms with Crippen molar-refractivity contribution in [2.45, 2.75) is 38.5 Å². The van der Waals surface area contributed by atoms with Gasteiger partial charge in [-0.15, -0.1) is 0 Å². The first kappa shape index (κ1) is 17.8. The summed E-state index contributed by atoms with van der Waals surface area (Å²) < 4.78 is 5.33. The van der Waals surface area contributed by atoms with E-state index in [1.807, 2.05) is 18.2 Å². The van der Waals surface area contributed by atoms with Crippen molar-refractivity contribution in [3.05, 3.63) is 29.8 Å². The van der Waals surface area contributed by atoms with Gasteiger partial charge in [0.25, 0.3) is 0 Å². The second kappa shape index (κ2) is 7.06. The highest BCUT2D eigenvalue weighted by Gasteiger charge is 2.55. The third-order valence-electron chi connectivity index (χ3n) is 6.06. The molecular formula is C20H27NO4. The van der Waals surface area contributed by atoms with E-state index in [-0.39, 0.29) is 24.3 Å². The maximum absolute atomic E-state index is 13.3. The van der Waals surface area contributed by atoms with E-state index in [0.29, 0.717) is 18.3 Å². The predicted octanol–water partition coefficient (Wildman–Crippen LogP) is 2.98. The number of carbonyl (C=O) groups excluding carboxylic acids is 1. The summed E-state index contributed by atoms with van der Waals surface area (Å²) in [7, 11) is 3.39. The summed E-state index contributed by atoms with van der Waals surface area (Å²) in [5.41, 5.74) is 0.731. The van der Waals surface area contributed by atoms with E-state index in [1.165, 1.54) is 6.42 Å². The Hall–Kier alpha value is -2.04. The van der Waals surface area contributed by atoms with Gasteiger partial charge in [0.1, 0.15) is 5.75 Å². The maximum Gasteiger partial charge on any atom is 0.305 e. The van der Waals surface area contributed by atoms with E-state index in [0.717, 1.165) is 30.6 Å². The van der Waals surface area contributed by atoms with Gasteiger partial charge >= 0.3 is 5.97 Å². The van der Waals surface area contributed by atoms with E-state index in [4.69, 9.17) is 9.84 Å². The number of nitrogens with zero attached hydrogens (tertiary/aromatic N) is 1. The second-order valence-electron chi connectivity index (χ2n) is 7.64. The molecule has 1 aromatic rings. The van der Waals surface area contributed by atoms with Crippen molar-refractivity contribution in [3.63, 3.8) is 0 Å². The van der Waals surface area contributed by atoms with Crippen LogP contribution >= 0.6 is 0 Å². The zero-order valence-electron chi connectivity index (χ0n) is 15.0. The van der Waals surface area contributed by atoms with Crippen LogP contribution in [-0.4, -0.2) is 42.6 Å². The number of fused-ring (bicyclic) bond motifs is 2. The monoisotopic (exact) mass is 345 g/mol. The molecule has 3 rings (SSSR count). The molecule has 2 aliphatic rings. The number of carbonyl (C=O) groups is 2. The lowest BCUT2D eigenvalue weighted by atomic mass is 9.68. The number of hydrogen-bond donors (Lipinski definition) is 1. The molecule has 0 spiro atoms. The fourth-order valence-corrected chi connectivity index (χ4v) is 4.89. The fraction of sp³-hybridized carbons (Fsp3) is 0.600. The van der Waals surface area contributed by atoms with Crippen molar-refractivity contribution in [1.82, 2.24) is 4.90 Å². The average molecular weight is 345 g/mol. The number of carboxylic acids is 1. The van der Waals surface area contributed by atoms with Crippen LogP contribution in [0.25, 0.3) is 0 Å². The van der Waals surface area contributed by atoms with Gasteiger partial charge in [-0.05, 0) is 55.2 Å². The first-order chi connectivity index (χ1) is 11.9. The molecule has 3 atom stereocenters. The third-order valence-corrected chi connectivity index (χ3v) is 6.06. The molecule has 2 aliphatic carbocycles. The molecule has 5 nitrogen and oxygen atoms in total. The highest BCUT2D eigenvalue weighted by atomic mass is 16.5. The standard InChI is InChI=1S/C20H27NO4/c1-21(9-8-18(22)23)19(24)20(13-15-6-7-16(20)10-15)12-14-4-3-5-17(11-14)25-2/h3-5,11,15-16H,6-10,12-13H2,1-2H3,(H,22,23). The lowest BCUT2D eigenvalue weighted by Gasteiger charge is -2.39. The number of carboxylic acid groups (broad SMARTS) is 1. The molecule has 1 aromatic carbocycles. The Kier molecular flexibility index (Phi) is 5.02. The van der Waals surface area contributed by atoms with Crippen LogP contribution < -0.4 is 4.74 Å². The van der Waals surface area contributed by atoms with Crippen LogP contribution in [-0.2, 0) is 16.0 Å². The Morgan fingerprint density at radius 2 is 2.16 bits per heavy atom. The molecule has 0 radical (unpaired) electrons. The van der Waals surface area contributed by atoms with E-state index in [2.05, 4.69) is 6.07 Å². The Labute approximate surface area is 149 Å². The number of rotatable bonds is 7. The number of hydrogen-bond acceptors (Lipinski definition) is 3. The predicted molar refractivity (Wildman–Crippen MR) is 94.5 cm³/mol. The van der Waals surface area contributed by atoms with Gasteiger partial charge in [-0.25, -0.2) is 0 Å². The van der Waals surface area contributed by atoms with Crippen molar-refractivity contribution >= 4 is 11.9 Å². The highest BCUT2D eigenvalue weighted by molar-refractivity contribution is 5.84. The molecule has 5 heteroatoms. The summed E-state index contributed by atoms with van der Waals surface area (Å²) >= 11 is 0. The van der Waals surface area contributed by atoms with Crippen molar-refractivity contribution in [2.24, 2.45) is 17.3 Å². The summed E-state index contributed by atoms with van der Waals surface area (Å²) in [6, 6.07) is 7.95. The van der Waals surface area contributed by atoms with Crippen LogP contribution in [0.15, 0.2) is 24.3 Å². The van der Waals surface area contributed by atoms with Crippen molar-refractivity contribution in [2.75, 3.05) is 20.7 Å². The quantitative estimate of drug-likeness (QED) is 0.825. The molecule has 0 aromatic heterocycles. The fourth-order valence-electron chi connectivity index (χ4n) is 4.89. The molecule has 136 valence electrons. The number of benzene rings is 1. The summed E-state index contributed by atoms with van der Waals surface area (Å²) in [5.74, 6) is 1.09.